The first-order valence-electron chi connectivity index (χ1n) is 10.5. The molecule has 4 rings (SSSR count). The van der Waals surface area contributed by atoms with Crippen LogP contribution < -0.4 is 0 Å². The second-order valence-electron chi connectivity index (χ2n) is 7.90. The van der Waals surface area contributed by atoms with E-state index in [1.54, 1.807) is 6.20 Å². The molecule has 1 aliphatic heterocycles. The molecule has 0 N–H and O–H groups in total. The van der Waals surface area contributed by atoms with Crippen LogP contribution in [0.1, 0.15) is 37.0 Å². The Kier molecular flexibility index (Phi) is 8.99. The van der Waals surface area contributed by atoms with Crippen LogP contribution in [0.3, 0.4) is 0 Å². The van der Waals surface area contributed by atoms with Gasteiger partial charge in [-0.2, -0.15) is 0 Å². The molecule has 2 heterocycles. The summed E-state index contributed by atoms with van der Waals surface area (Å²) in [6.45, 7) is 10.4. The molecule has 0 saturated carbocycles. The van der Waals surface area contributed by atoms with Crippen LogP contribution in [0, 0.1) is 20.8 Å². The van der Waals surface area contributed by atoms with Crippen molar-refractivity contribution >= 4 is 59.6 Å². The van der Waals surface area contributed by atoms with Gasteiger partial charge in [0.2, 0.25) is 0 Å². The van der Waals surface area contributed by atoms with Crippen LogP contribution in [-0.2, 0) is 13.1 Å². The Labute approximate surface area is 210 Å². The average molecular weight is 521 g/mol. The van der Waals surface area contributed by atoms with Gasteiger partial charge in [0.1, 0.15) is 0 Å². The molecule has 4 nitrogen and oxygen atoms in total. The molecular weight excluding hydrogens is 495 g/mol. The summed E-state index contributed by atoms with van der Waals surface area (Å²) in [5.74, 6) is 0. The number of hydrogen-bond acceptors (Lipinski definition) is 4. The van der Waals surface area contributed by atoms with Crippen LogP contribution in [0.5, 0.6) is 0 Å². The number of aromatic nitrogens is 1. The first-order valence-corrected chi connectivity index (χ1v) is 13.5. The van der Waals surface area contributed by atoms with Crippen LogP contribution in [0.4, 0.5) is 11.4 Å². The van der Waals surface area contributed by atoms with Gasteiger partial charge in [-0.3, -0.25) is 9.98 Å². The molecule has 0 fully saturated rings. The van der Waals surface area contributed by atoms with Gasteiger partial charge < -0.3 is 0 Å². The van der Waals surface area contributed by atoms with E-state index in [9.17, 15) is 0 Å². The zero-order valence-corrected chi connectivity index (χ0v) is 21.9. The number of aryl methyl sites for hydroxylation is 3. The van der Waals surface area contributed by atoms with Gasteiger partial charge in [0.05, 0.1) is 39.7 Å². The van der Waals surface area contributed by atoms with Crippen LogP contribution in [-0.4, -0.2) is 22.1 Å². The summed E-state index contributed by atoms with van der Waals surface area (Å²) in [6.07, 6.45) is 4.70. The summed E-state index contributed by atoms with van der Waals surface area (Å²) in [7, 11) is 9.53. The second-order valence-corrected chi connectivity index (χ2v) is 9.72. The van der Waals surface area contributed by atoms with E-state index in [1.165, 1.54) is 16.7 Å². The van der Waals surface area contributed by atoms with E-state index < -0.39 is 0 Å². The van der Waals surface area contributed by atoms with Gasteiger partial charge in [0, 0.05) is 18.0 Å². The van der Waals surface area contributed by atoms with E-state index in [1.807, 2.05) is 32.0 Å². The van der Waals surface area contributed by atoms with Crippen molar-refractivity contribution in [1.82, 2.24) is 4.98 Å². The number of pyridine rings is 1. The number of nitrogens with zero attached hydrogens (tertiary/aromatic N) is 4. The summed E-state index contributed by atoms with van der Waals surface area (Å²) in [4.78, 5) is 19.1. The van der Waals surface area contributed by atoms with E-state index >= 15 is 0 Å². The first-order chi connectivity index (χ1) is 15.8. The summed E-state index contributed by atoms with van der Waals surface area (Å²) in [5.41, 5.74) is 10.2. The van der Waals surface area contributed by atoms with E-state index in [2.05, 4.69) is 56.1 Å². The van der Waals surface area contributed by atoms with Crippen LogP contribution >= 0.6 is 20.2 Å². The van der Waals surface area contributed by atoms with Crippen molar-refractivity contribution in [3.05, 3.63) is 77.1 Å². The number of allylic oxidation sites excluding steroid dienone is 2. The molecule has 172 valence electrons. The van der Waals surface area contributed by atoms with E-state index in [-0.39, 0.29) is 13.1 Å². The fourth-order valence-electron chi connectivity index (χ4n) is 3.88. The number of halogens is 2. The van der Waals surface area contributed by atoms with Crippen molar-refractivity contribution < 1.29 is 13.1 Å². The maximum atomic E-state index is 4.89. The van der Waals surface area contributed by atoms with E-state index in [4.69, 9.17) is 35.2 Å². The molecule has 1 aromatic heterocycles. The molecule has 0 radical (unpaired) electrons. The number of benzene rings is 2. The Balaban J connectivity index is 0.000000968. The number of hydrogen-bond donors (Lipinski definition) is 0. The van der Waals surface area contributed by atoms with Crippen molar-refractivity contribution in [2.24, 2.45) is 15.0 Å². The van der Waals surface area contributed by atoms with Gasteiger partial charge in [-0.25, -0.2) is 9.98 Å². The summed E-state index contributed by atoms with van der Waals surface area (Å²) < 4.78 is 0. The molecule has 0 spiro atoms. The fourth-order valence-corrected chi connectivity index (χ4v) is 3.88. The molecule has 0 amide bonds. The Morgan fingerprint density at radius 1 is 0.939 bits per heavy atom. The van der Waals surface area contributed by atoms with Gasteiger partial charge in [-0.1, -0.05) is 42.0 Å². The predicted molar refractivity (Wildman–Crippen MR) is 140 cm³/mol. The first kappa shape index (κ1) is 25.3. The molecule has 7 heteroatoms. The molecule has 33 heavy (non-hydrogen) atoms. The predicted octanol–water partition coefficient (Wildman–Crippen LogP) is 8.15. The minimum absolute atomic E-state index is 0.194. The standard InChI is InChI=1S/C26H26N4.2ClH.Fe/c1-16-14-17(2)25(18(3)15-16)29-20(5)23-12-11-22(30-23)19(4)28-24-10-6-8-21-9-7-13-27-26(21)24;;;/h6-10,12-15H,11H2,1-5H3;2*1H;/q;;;+2/p-2. The quantitative estimate of drug-likeness (QED) is 0.253. The zero-order chi connectivity index (χ0) is 24.0. The van der Waals surface area contributed by atoms with Crippen LogP contribution in [0.2, 0.25) is 0 Å². The van der Waals surface area contributed by atoms with Crippen molar-refractivity contribution in [3.63, 3.8) is 0 Å². The third kappa shape index (κ3) is 6.39. The Morgan fingerprint density at radius 3 is 2.30 bits per heavy atom. The molecule has 2 aromatic carbocycles. The normalized spacial score (nSPS) is 14.2. The number of rotatable bonds is 4. The van der Waals surface area contributed by atoms with Crippen LogP contribution in [0.15, 0.2) is 75.4 Å². The molecule has 1 aliphatic rings. The van der Waals surface area contributed by atoms with Crippen molar-refractivity contribution in [2.75, 3.05) is 0 Å². The Bertz CT molecular complexity index is 1260. The Hall–Kier alpha value is -2.30. The van der Waals surface area contributed by atoms with Crippen LogP contribution in [0.25, 0.3) is 10.9 Å². The molecule has 0 bridgehead atoms. The molecule has 0 aliphatic carbocycles. The molecular formula is C26H26Cl2FeN4. The van der Waals surface area contributed by atoms with Gasteiger partial charge in [0.15, 0.2) is 0 Å². The Morgan fingerprint density at radius 2 is 1.61 bits per heavy atom. The topological polar surface area (TPSA) is 50.0 Å². The van der Waals surface area contributed by atoms with Crippen molar-refractivity contribution in [1.29, 1.82) is 0 Å². The average Bonchev–Trinajstić information content (AvgIpc) is 3.28. The molecule has 0 saturated heterocycles. The minimum atomic E-state index is 0.194. The number of aliphatic imine (C=N–C) groups is 3. The third-order valence-electron chi connectivity index (χ3n) is 5.35. The summed E-state index contributed by atoms with van der Waals surface area (Å²) in [6, 6.07) is 14.4. The van der Waals surface area contributed by atoms with E-state index in [0.717, 1.165) is 51.5 Å². The molecule has 3 aromatic rings. The van der Waals surface area contributed by atoms with Gasteiger partial charge >= 0.3 is 33.3 Å². The zero-order valence-electron chi connectivity index (χ0n) is 19.3. The fraction of sp³-hybridized carbons (Fsp3) is 0.231. The molecule has 0 unspecified atom stereocenters. The van der Waals surface area contributed by atoms with Gasteiger partial charge in [-0.05, 0) is 57.9 Å². The van der Waals surface area contributed by atoms with E-state index in [0.29, 0.717) is 0 Å². The monoisotopic (exact) mass is 520 g/mol. The summed E-state index contributed by atoms with van der Waals surface area (Å²) in [5, 5.41) is 1.09. The van der Waals surface area contributed by atoms with Crippen molar-refractivity contribution in [3.8, 4) is 0 Å². The van der Waals surface area contributed by atoms with Gasteiger partial charge in [-0.15, -0.1) is 0 Å². The number of para-hydroxylation sites is 1. The second kappa shape index (κ2) is 11.7. The maximum absolute atomic E-state index is 4.89. The van der Waals surface area contributed by atoms with Gasteiger partial charge in [0.25, 0.3) is 0 Å². The summed E-state index contributed by atoms with van der Waals surface area (Å²) >= 11 is 0.194. The third-order valence-corrected chi connectivity index (χ3v) is 5.35. The molecule has 0 atom stereocenters. The van der Waals surface area contributed by atoms with Crippen molar-refractivity contribution in [2.45, 2.75) is 41.0 Å². The SMILES string of the molecule is CC(=Nc1c(C)cc(C)cc1C)C1=CCC(C(C)=Nc2cccc3cccnc23)=N1.[Cl][Fe][Cl]. The number of fused-ring (bicyclic) bond motifs is 1.